The number of hydrogen-bond acceptors (Lipinski definition) is 6. The van der Waals surface area contributed by atoms with Crippen molar-refractivity contribution < 1.29 is 14.3 Å². The topological polar surface area (TPSA) is 71.9 Å². The Morgan fingerprint density at radius 2 is 2.04 bits per heavy atom. The van der Waals surface area contributed by atoms with Gasteiger partial charge in [0, 0.05) is 12.7 Å². The van der Waals surface area contributed by atoms with Gasteiger partial charge in [0.25, 0.3) is 5.91 Å². The molecular formula is C19H17N3O3S. The summed E-state index contributed by atoms with van der Waals surface area (Å²) in [5, 5.41) is 0.605. The predicted molar refractivity (Wildman–Crippen MR) is 102 cm³/mol. The zero-order valence-corrected chi connectivity index (χ0v) is 15.2. The lowest BCUT2D eigenvalue weighted by atomic mass is 10.1. The molecule has 0 bridgehead atoms. The number of aliphatic imine (C=N–C) groups is 1. The quantitative estimate of drug-likeness (QED) is 0.611. The van der Waals surface area contributed by atoms with Crippen LogP contribution in [0.3, 0.4) is 0 Å². The largest absolute Gasteiger partial charge is 0.465 e. The second-order valence-electron chi connectivity index (χ2n) is 5.36. The fourth-order valence-electron chi connectivity index (χ4n) is 2.37. The Morgan fingerprint density at radius 1 is 1.27 bits per heavy atom. The number of carbonyl (C=O) groups is 2. The van der Waals surface area contributed by atoms with Crippen LogP contribution in [0.25, 0.3) is 6.08 Å². The molecule has 3 rings (SSSR count). The summed E-state index contributed by atoms with van der Waals surface area (Å²) < 4.78 is 4.68. The maximum Gasteiger partial charge on any atom is 0.337 e. The summed E-state index contributed by atoms with van der Waals surface area (Å²) >= 11 is 1.31. The molecule has 1 amide bonds. The number of likely N-dealkylation sites (N-methyl/N-ethyl adjacent to an activating group) is 1. The molecule has 7 heteroatoms. The summed E-state index contributed by atoms with van der Waals surface area (Å²) in [5.74, 6) is 0.0756. The molecule has 1 aromatic heterocycles. The van der Waals surface area contributed by atoms with Crippen molar-refractivity contribution in [2.24, 2.45) is 4.99 Å². The lowest BCUT2D eigenvalue weighted by Gasteiger charge is -2.11. The Labute approximate surface area is 155 Å². The number of thioether (sulfide) groups is 1. The van der Waals surface area contributed by atoms with Gasteiger partial charge in [-0.05, 0) is 54.6 Å². The number of amidine groups is 1. The van der Waals surface area contributed by atoms with Crippen molar-refractivity contribution in [3.8, 4) is 0 Å². The van der Waals surface area contributed by atoms with Gasteiger partial charge in [-0.2, -0.15) is 0 Å². The Kier molecular flexibility index (Phi) is 5.48. The Bertz CT molecular complexity index is 877. The molecule has 0 aliphatic carbocycles. The van der Waals surface area contributed by atoms with E-state index in [-0.39, 0.29) is 5.91 Å². The van der Waals surface area contributed by atoms with E-state index in [9.17, 15) is 9.59 Å². The lowest BCUT2D eigenvalue weighted by Crippen LogP contribution is -2.28. The van der Waals surface area contributed by atoms with Crippen LogP contribution in [0.1, 0.15) is 22.8 Å². The van der Waals surface area contributed by atoms with Gasteiger partial charge in [-0.25, -0.2) is 14.8 Å². The average Bonchev–Trinajstić information content (AvgIpc) is 2.96. The molecule has 0 N–H and O–H groups in total. The van der Waals surface area contributed by atoms with E-state index in [4.69, 9.17) is 0 Å². The van der Waals surface area contributed by atoms with Gasteiger partial charge < -0.3 is 4.74 Å². The van der Waals surface area contributed by atoms with E-state index < -0.39 is 5.97 Å². The van der Waals surface area contributed by atoms with Crippen molar-refractivity contribution >= 4 is 40.7 Å². The first-order chi connectivity index (χ1) is 12.6. The monoisotopic (exact) mass is 367 g/mol. The highest BCUT2D eigenvalue weighted by molar-refractivity contribution is 8.18. The third kappa shape index (κ3) is 3.83. The minimum absolute atomic E-state index is 0.0933. The van der Waals surface area contributed by atoms with E-state index >= 15 is 0 Å². The summed E-state index contributed by atoms with van der Waals surface area (Å²) in [5.41, 5.74) is 1.29. The molecule has 1 aliphatic heterocycles. The predicted octanol–water partition coefficient (Wildman–Crippen LogP) is 3.49. The van der Waals surface area contributed by atoms with Gasteiger partial charge in [0.05, 0.1) is 17.6 Å². The number of nitrogens with zero attached hydrogens (tertiary/aromatic N) is 3. The minimum atomic E-state index is -0.391. The first-order valence-corrected chi connectivity index (χ1v) is 8.83. The zero-order valence-electron chi connectivity index (χ0n) is 14.4. The summed E-state index contributed by atoms with van der Waals surface area (Å²) in [6.07, 6.45) is 3.45. The third-order valence-corrected chi connectivity index (χ3v) is 4.70. The standard InChI is InChI=1S/C19H17N3O3S/c1-3-22-17(23)15(26-19(22)21-16-6-4-5-11-20-16)12-13-7-9-14(10-8-13)18(24)25-2/h4-12H,3H2,1-2H3/b15-12-,21-19+. The number of hydrogen-bond donors (Lipinski definition) is 0. The molecule has 0 radical (unpaired) electrons. The van der Waals surface area contributed by atoms with Crippen LogP contribution in [-0.4, -0.2) is 40.6 Å². The van der Waals surface area contributed by atoms with Crippen LogP contribution in [0.2, 0.25) is 0 Å². The minimum Gasteiger partial charge on any atom is -0.465 e. The average molecular weight is 367 g/mol. The first kappa shape index (κ1) is 17.9. The molecule has 6 nitrogen and oxygen atoms in total. The molecule has 0 unspecified atom stereocenters. The molecule has 0 spiro atoms. The molecule has 132 valence electrons. The summed E-state index contributed by atoms with van der Waals surface area (Å²) in [7, 11) is 1.34. The van der Waals surface area contributed by atoms with Crippen molar-refractivity contribution in [1.29, 1.82) is 0 Å². The van der Waals surface area contributed by atoms with Crippen LogP contribution in [0.4, 0.5) is 5.82 Å². The van der Waals surface area contributed by atoms with E-state index in [1.54, 1.807) is 47.5 Å². The number of carbonyl (C=O) groups excluding carboxylic acids is 2. The van der Waals surface area contributed by atoms with E-state index in [0.717, 1.165) is 5.56 Å². The summed E-state index contributed by atoms with van der Waals surface area (Å²) in [4.78, 5) is 35.0. The van der Waals surface area contributed by atoms with Gasteiger partial charge >= 0.3 is 5.97 Å². The molecule has 0 saturated carbocycles. The third-order valence-electron chi connectivity index (χ3n) is 3.69. The van der Waals surface area contributed by atoms with E-state index in [1.807, 2.05) is 19.1 Å². The van der Waals surface area contributed by atoms with E-state index in [0.29, 0.717) is 28.0 Å². The van der Waals surface area contributed by atoms with Gasteiger partial charge in [0.2, 0.25) is 0 Å². The molecule has 1 aliphatic rings. The van der Waals surface area contributed by atoms with E-state index in [2.05, 4.69) is 14.7 Å². The highest BCUT2D eigenvalue weighted by Crippen LogP contribution is 2.33. The van der Waals surface area contributed by atoms with Crippen molar-refractivity contribution in [2.45, 2.75) is 6.92 Å². The number of esters is 1. The Hall–Kier alpha value is -2.93. The van der Waals surface area contributed by atoms with Crippen LogP contribution in [0.5, 0.6) is 0 Å². The molecule has 1 saturated heterocycles. The maximum absolute atomic E-state index is 12.6. The van der Waals surface area contributed by atoms with Crippen LogP contribution >= 0.6 is 11.8 Å². The lowest BCUT2D eigenvalue weighted by molar-refractivity contribution is -0.122. The van der Waals surface area contributed by atoms with E-state index in [1.165, 1.54) is 18.9 Å². The van der Waals surface area contributed by atoms with Crippen molar-refractivity contribution in [1.82, 2.24) is 9.88 Å². The molecular weight excluding hydrogens is 350 g/mol. The molecule has 26 heavy (non-hydrogen) atoms. The number of aromatic nitrogens is 1. The van der Waals surface area contributed by atoms with Crippen molar-refractivity contribution in [3.05, 3.63) is 64.7 Å². The fourth-order valence-corrected chi connectivity index (χ4v) is 3.42. The summed E-state index contributed by atoms with van der Waals surface area (Å²) in [6.45, 7) is 2.43. The SMILES string of the molecule is CCN1C(=O)/C(=C/c2ccc(C(=O)OC)cc2)S/C1=N/c1ccccn1. The Balaban J connectivity index is 1.86. The van der Waals surface area contributed by atoms with Gasteiger partial charge in [-0.1, -0.05) is 18.2 Å². The zero-order chi connectivity index (χ0) is 18.5. The van der Waals surface area contributed by atoms with Gasteiger partial charge in [0.1, 0.15) is 0 Å². The fraction of sp³-hybridized carbons (Fsp3) is 0.158. The number of pyridine rings is 1. The second-order valence-corrected chi connectivity index (χ2v) is 6.37. The number of amides is 1. The first-order valence-electron chi connectivity index (χ1n) is 8.02. The van der Waals surface area contributed by atoms with Crippen LogP contribution < -0.4 is 0 Å². The van der Waals surface area contributed by atoms with Crippen molar-refractivity contribution in [3.63, 3.8) is 0 Å². The smallest absolute Gasteiger partial charge is 0.337 e. The second kappa shape index (κ2) is 7.97. The van der Waals surface area contributed by atoms with Gasteiger partial charge in [-0.15, -0.1) is 0 Å². The normalized spacial score (nSPS) is 17.2. The highest BCUT2D eigenvalue weighted by atomic mass is 32.2. The molecule has 0 atom stereocenters. The number of benzene rings is 1. The number of ether oxygens (including phenoxy) is 1. The molecule has 1 aromatic carbocycles. The molecule has 2 aromatic rings. The molecule has 2 heterocycles. The van der Waals surface area contributed by atoms with Crippen molar-refractivity contribution in [2.75, 3.05) is 13.7 Å². The maximum atomic E-state index is 12.6. The molecule has 1 fully saturated rings. The van der Waals surface area contributed by atoms with Gasteiger partial charge in [-0.3, -0.25) is 9.69 Å². The van der Waals surface area contributed by atoms with Crippen LogP contribution in [0, 0.1) is 0 Å². The number of rotatable bonds is 4. The van der Waals surface area contributed by atoms with Crippen LogP contribution in [-0.2, 0) is 9.53 Å². The highest BCUT2D eigenvalue weighted by Gasteiger charge is 2.32. The van der Waals surface area contributed by atoms with Crippen LogP contribution in [0.15, 0.2) is 58.6 Å². The summed E-state index contributed by atoms with van der Waals surface area (Å²) in [6, 6.07) is 12.3. The Morgan fingerprint density at radius 3 is 2.65 bits per heavy atom. The van der Waals surface area contributed by atoms with Gasteiger partial charge in [0.15, 0.2) is 11.0 Å². The number of methoxy groups -OCH3 is 1.